The first-order valence-electron chi connectivity index (χ1n) is 6.50. The monoisotopic (exact) mass is 288 g/mol. The normalized spacial score (nSPS) is 11.0. The molecule has 21 heavy (non-hydrogen) atoms. The van der Waals surface area contributed by atoms with E-state index in [1.165, 1.54) is 6.07 Å². The van der Waals surface area contributed by atoms with Gasteiger partial charge in [0.25, 0.3) is 0 Å². The van der Waals surface area contributed by atoms with Gasteiger partial charge in [-0.2, -0.15) is 15.0 Å². The third-order valence-electron chi connectivity index (χ3n) is 2.78. The molecule has 0 aliphatic rings. The average molecular weight is 288 g/mol. The van der Waals surface area contributed by atoms with Crippen molar-refractivity contribution in [2.45, 2.75) is 13.3 Å². The maximum atomic E-state index is 13.6. The zero-order valence-electron chi connectivity index (χ0n) is 11.3. The number of hydrogen-bond donors (Lipinski definition) is 1. The molecule has 3 aromatic rings. The molecule has 0 saturated carbocycles. The Balaban J connectivity index is 2.05. The van der Waals surface area contributed by atoms with Crippen molar-refractivity contribution in [3.8, 4) is 17.6 Å². The smallest absolute Gasteiger partial charge is 0.321 e. The number of benzene rings is 1. The maximum absolute atomic E-state index is 13.6. The molecule has 0 amide bonds. The zero-order chi connectivity index (χ0) is 14.8. The Bertz CT molecular complexity index is 788. The highest BCUT2D eigenvalue weighted by Gasteiger charge is 2.14. The molecular formula is C14H13FN4O2. The number of aromatic nitrogens is 3. The van der Waals surface area contributed by atoms with E-state index in [0.717, 1.165) is 6.42 Å². The van der Waals surface area contributed by atoms with Crippen LogP contribution in [0, 0.1) is 5.82 Å². The lowest BCUT2D eigenvalue weighted by atomic mass is 10.2. The molecule has 1 aromatic carbocycles. The standard InChI is InChI=1S/C14H13FN4O2/c1-2-6-20-14-18-12(17-13(16)19-14)10-7-8-4-3-5-9(15)11(8)21-10/h3-5,7H,2,6H2,1H3,(H2,16,17,18,19). The molecule has 2 N–H and O–H groups in total. The van der Waals surface area contributed by atoms with Gasteiger partial charge in [0, 0.05) is 5.39 Å². The van der Waals surface area contributed by atoms with Gasteiger partial charge >= 0.3 is 6.01 Å². The first kappa shape index (κ1) is 13.3. The number of ether oxygens (including phenoxy) is 1. The molecule has 0 bridgehead atoms. The number of hydrogen-bond acceptors (Lipinski definition) is 6. The summed E-state index contributed by atoms with van der Waals surface area (Å²) < 4.78 is 24.4. The Hall–Kier alpha value is -2.70. The SMILES string of the molecule is CCCOc1nc(N)nc(-c2cc3cccc(F)c3o2)n1. The van der Waals surface area contributed by atoms with E-state index in [2.05, 4.69) is 15.0 Å². The highest BCUT2D eigenvalue weighted by Crippen LogP contribution is 2.28. The van der Waals surface area contributed by atoms with Gasteiger partial charge in [-0.3, -0.25) is 0 Å². The molecule has 108 valence electrons. The highest BCUT2D eigenvalue weighted by atomic mass is 19.1. The van der Waals surface area contributed by atoms with Crippen LogP contribution in [0.4, 0.5) is 10.3 Å². The fourth-order valence-electron chi connectivity index (χ4n) is 1.88. The lowest BCUT2D eigenvalue weighted by Gasteiger charge is -2.03. The molecule has 0 saturated heterocycles. The number of furan rings is 1. The molecule has 0 spiro atoms. The van der Waals surface area contributed by atoms with Gasteiger partial charge in [-0.1, -0.05) is 19.1 Å². The Labute approximate surface area is 119 Å². The van der Waals surface area contributed by atoms with Crippen LogP contribution in [0.1, 0.15) is 13.3 Å². The summed E-state index contributed by atoms with van der Waals surface area (Å²) in [4.78, 5) is 12.0. The van der Waals surface area contributed by atoms with E-state index in [4.69, 9.17) is 14.9 Å². The molecule has 6 nitrogen and oxygen atoms in total. The van der Waals surface area contributed by atoms with E-state index in [1.54, 1.807) is 18.2 Å². The molecule has 3 rings (SSSR count). The van der Waals surface area contributed by atoms with Crippen LogP contribution in [0.25, 0.3) is 22.6 Å². The van der Waals surface area contributed by atoms with Crippen molar-refractivity contribution in [2.75, 3.05) is 12.3 Å². The molecule has 2 heterocycles. The van der Waals surface area contributed by atoms with E-state index < -0.39 is 5.82 Å². The Morgan fingerprint density at radius 2 is 2.14 bits per heavy atom. The number of anilines is 1. The van der Waals surface area contributed by atoms with Crippen molar-refractivity contribution >= 4 is 16.9 Å². The van der Waals surface area contributed by atoms with Crippen LogP contribution in [-0.4, -0.2) is 21.6 Å². The van der Waals surface area contributed by atoms with Crippen LogP contribution in [0.3, 0.4) is 0 Å². The Morgan fingerprint density at radius 1 is 1.29 bits per heavy atom. The predicted octanol–water partition coefficient (Wildman–Crippen LogP) is 2.79. The lowest BCUT2D eigenvalue weighted by Crippen LogP contribution is -2.05. The molecular weight excluding hydrogens is 275 g/mol. The summed E-state index contributed by atoms with van der Waals surface area (Å²) in [7, 11) is 0. The molecule has 0 atom stereocenters. The quantitative estimate of drug-likeness (QED) is 0.794. The summed E-state index contributed by atoms with van der Waals surface area (Å²) >= 11 is 0. The van der Waals surface area contributed by atoms with E-state index >= 15 is 0 Å². The fraction of sp³-hybridized carbons (Fsp3) is 0.214. The third kappa shape index (κ3) is 2.62. The number of nitrogens with zero attached hydrogens (tertiary/aromatic N) is 3. The van der Waals surface area contributed by atoms with Crippen molar-refractivity contribution in [3.63, 3.8) is 0 Å². The van der Waals surface area contributed by atoms with Gasteiger partial charge in [0.1, 0.15) is 0 Å². The number of para-hydroxylation sites is 1. The van der Waals surface area contributed by atoms with Crippen LogP contribution < -0.4 is 10.5 Å². The summed E-state index contributed by atoms with van der Waals surface area (Å²) in [6.45, 7) is 2.44. The van der Waals surface area contributed by atoms with Crippen molar-refractivity contribution in [2.24, 2.45) is 0 Å². The predicted molar refractivity (Wildman–Crippen MR) is 75.2 cm³/mol. The summed E-state index contributed by atoms with van der Waals surface area (Å²) in [5, 5.41) is 0.625. The number of rotatable bonds is 4. The average Bonchev–Trinajstić information content (AvgIpc) is 2.90. The molecule has 0 unspecified atom stereocenters. The first-order valence-corrected chi connectivity index (χ1v) is 6.50. The largest absolute Gasteiger partial charge is 0.463 e. The second-order valence-electron chi connectivity index (χ2n) is 4.42. The highest BCUT2D eigenvalue weighted by molar-refractivity contribution is 5.82. The molecule has 0 aliphatic heterocycles. The van der Waals surface area contributed by atoms with Crippen LogP contribution in [0.15, 0.2) is 28.7 Å². The van der Waals surface area contributed by atoms with Gasteiger partial charge < -0.3 is 14.9 Å². The summed E-state index contributed by atoms with van der Waals surface area (Å²) in [5.74, 6) is 0.102. The summed E-state index contributed by atoms with van der Waals surface area (Å²) in [5.41, 5.74) is 5.79. The second kappa shape index (κ2) is 5.35. The van der Waals surface area contributed by atoms with Crippen molar-refractivity contribution < 1.29 is 13.5 Å². The topological polar surface area (TPSA) is 87.1 Å². The van der Waals surface area contributed by atoms with E-state index in [-0.39, 0.29) is 23.4 Å². The van der Waals surface area contributed by atoms with Crippen LogP contribution in [0.5, 0.6) is 6.01 Å². The maximum Gasteiger partial charge on any atom is 0.321 e. The summed E-state index contributed by atoms with van der Waals surface area (Å²) in [6, 6.07) is 6.45. The van der Waals surface area contributed by atoms with Gasteiger partial charge in [-0.05, 0) is 18.6 Å². The molecule has 0 aliphatic carbocycles. The van der Waals surface area contributed by atoms with E-state index in [0.29, 0.717) is 17.8 Å². The lowest BCUT2D eigenvalue weighted by molar-refractivity contribution is 0.292. The van der Waals surface area contributed by atoms with Gasteiger partial charge in [0.2, 0.25) is 11.8 Å². The second-order valence-corrected chi connectivity index (χ2v) is 4.42. The van der Waals surface area contributed by atoms with Crippen molar-refractivity contribution in [1.82, 2.24) is 15.0 Å². The van der Waals surface area contributed by atoms with Crippen molar-refractivity contribution in [3.05, 3.63) is 30.1 Å². The zero-order valence-corrected chi connectivity index (χ0v) is 11.3. The van der Waals surface area contributed by atoms with E-state index in [9.17, 15) is 4.39 Å². The molecule has 7 heteroatoms. The number of halogens is 1. The molecule has 2 aromatic heterocycles. The Morgan fingerprint density at radius 3 is 2.90 bits per heavy atom. The minimum atomic E-state index is -0.441. The van der Waals surface area contributed by atoms with Crippen molar-refractivity contribution in [1.29, 1.82) is 0 Å². The summed E-state index contributed by atoms with van der Waals surface area (Å²) in [6.07, 6.45) is 0.816. The van der Waals surface area contributed by atoms with Gasteiger partial charge in [-0.25, -0.2) is 4.39 Å². The first-order chi connectivity index (χ1) is 10.2. The fourth-order valence-corrected chi connectivity index (χ4v) is 1.88. The van der Waals surface area contributed by atoms with Crippen LogP contribution in [-0.2, 0) is 0 Å². The minimum Gasteiger partial charge on any atom is -0.463 e. The van der Waals surface area contributed by atoms with Gasteiger partial charge in [-0.15, -0.1) is 0 Å². The Kier molecular flexibility index (Phi) is 3.39. The minimum absolute atomic E-state index is 0.0204. The third-order valence-corrected chi connectivity index (χ3v) is 2.78. The molecule has 0 fully saturated rings. The van der Waals surface area contributed by atoms with Crippen LogP contribution in [0.2, 0.25) is 0 Å². The van der Waals surface area contributed by atoms with E-state index in [1.807, 2.05) is 6.92 Å². The molecule has 0 radical (unpaired) electrons. The number of nitrogen functional groups attached to an aromatic ring is 1. The number of fused-ring (bicyclic) bond motifs is 1. The van der Waals surface area contributed by atoms with Gasteiger partial charge in [0.15, 0.2) is 17.2 Å². The van der Waals surface area contributed by atoms with Gasteiger partial charge in [0.05, 0.1) is 6.61 Å². The van der Waals surface area contributed by atoms with Crippen LogP contribution >= 0.6 is 0 Å². The number of nitrogens with two attached hydrogens (primary N) is 1.